The highest BCUT2D eigenvalue weighted by Crippen LogP contribution is 2.26. The van der Waals surface area contributed by atoms with Crippen molar-refractivity contribution in [2.24, 2.45) is 0 Å². The molecule has 4 aromatic heterocycles. The van der Waals surface area contributed by atoms with E-state index < -0.39 is 0 Å². The van der Waals surface area contributed by atoms with Crippen LogP contribution >= 0.6 is 11.3 Å². The minimum atomic E-state index is 0.564. The highest BCUT2D eigenvalue weighted by molar-refractivity contribution is 7.13. The van der Waals surface area contributed by atoms with Gasteiger partial charge in [0.15, 0.2) is 11.5 Å². The maximum Gasteiger partial charge on any atom is 0.192 e. The zero-order chi connectivity index (χ0) is 14.2. The second-order valence-corrected chi connectivity index (χ2v) is 5.54. The minimum absolute atomic E-state index is 0.564. The van der Waals surface area contributed by atoms with Gasteiger partial charge in [-0.05, 0) is 46.8 Å². The molecule has 5 nitrogen and oxygen atoms in total. The predicted octanol–water partition coefficient (Wildman–Crippen LogP) is 3.10. The van der Waals surface area contributed by atoms with Crippen LogP contribution in [-0.2, 0) is 0 Å². The van der Waals surface area contributed by atoms with E-state index in [9.17, 15) is 0 Å². The van der Waals surface area contributed by atoms with Gasteiger partial charge in [-0.15, -0.1) is 16.4 Å². The molecule has 0 radical (unpaired) electrons. The van der Waals surface area contributed by atoms with Crippen molar-refractivity contribution < 1.29 is 0 Å². The van der Waals surface area contributed by atoms with Gasteiger partial charge in [0.25, 0.3) is 0 Å². The van der Waals surface area contributed by atoms with E-state index in [1.807, 2.05) is 41.8 Å². The summed E-state index contributed by atoms with van der Waals surface area (Å²) in [5.74, 6) is 1.26. The van der Waals surface area contributed by atoms with Gasteiger partial charge in [0, 0.05) is 12.4 Å². The van der Waals surface area contributed by atoms with E-state index in [0.29, 0.717) is 11.6 Å². The number of hydrogen-bond donors (Lipinski definition) is 1. The number of pyridine rings is 2. The van der Waals surface area contributed by atoms with Gasteiger partial charge < -0.3 is 5.73 Å². The van der Waals surface area contributed by atoms with E-state index in [1.54, 1.807) is 28.2 Å². The van der Waals surface area contributed by atoms with E-state index >= 15 is 0 Å². The fourth-order valence-corrected chi connectivity index (χ4v) is 2.88. The zero-order valence-electron chi connectivity index (χ0n) is 11.0. The quantitative estimate of drug-likeness (QED) is 0.616. The lowest BCUT2D eigenvalue weighted by molar-refractivity contribution is 0.980. The molecule has 4 heterocycles. The standard InChI is InChI=1S/C15H11N5S/c16-13-8-11(10-3-5-17-6-4-10)9-14-18-15(19-20(13)14)12-2-1-7-21-12/h1-9H,16H2. The summed E-state index contributed by atoms with van der Waals surface area (Å²) < 4.78 is 1.67. The monoisotopic (exact) mass is 293 g/mol. The lowest BCUT2D eigenvalue weighted by atomic mass is 10.1. The third-order valence-corrected chi connectivity index (χ3v) is 4.09. The molecule has 6 heteroatoms. The van der Waals surface area contributed by atoms with Crippen molar-refractivity contribution in [3.05, 3.63) is 54.2 Å². The van der Waals surface area contributed by atoms with Crippen LogP contribution in [0.5, 0.6) is 0 Å². The Labute approximate surface area is 124 Å². The van der Waals surface area contributed by atoms with Crippen LogP contribution in [-0.4, -0.2) is 19.6 Å². The predicted molar refractivity (Wildman–Crippen MR) is 83.9 cm³/mol. The summed E-state index contributed by atoms with van der Waals surface area (Å²) in [6.07, 6.45) is 3.52. The van der Waals surface area contributed by atoms with E-state index in [1.165, 1.54) is 0 Å². The lowest BCUT2D eigenvalue weighted by Gasteiger charge is -2.03. The Kier molecular flexibility index (Phi) is 2.68. The number of anilines is 1. The van der Waals surface area contributed by atoms with Crippen LogP contribution in [0.2, 0.25) is 0 Å². The van der Waals surface area contributed by atoms with Crippen LogP contribution in [0.3, 0.4) is 0 Å². The van der Waals surface area contributed by atoms with Crippen LogP contribution in [0.1, 0.15) is 0 Å². The molecule has 0 atom stereocenters. The Morgan fingerprint density at radius 1 is 1.05 bits per heavy atom. The zero-order valence-corrected chi connectivity index (χ0v) is 11.8. The molecule has 4 aromatic rings. The second kappa shape index (κ2) is 4.68. The maximum absolute atomic E-state index is 6.11. The summed E-state index contributed by atoms with van der Waals surface area (Å²) in [7, 11) is 0. The normalized spacial score (nSPS) is 11.0. The topological polar surface area (TPSA) is 69.1 Å². The molecular formula is C15H11N5S. The maximum atomic E-state index is 6.11. The fourth-order valence-electron chi connectivity index (χ4n) is 2.23. The molecule has 0 aliphatic heterocycles. The van der Waals surface area contributed by atoms with E-state index in [2.05, 4.69) is 15.1 Å². The second-order valence-electron chi connectivity index (χ2n) is 4.59. The highest BCUT2D eigenvalue weighted by Gasteiger charge is 2.11. The number of rotatable bonds is 2. The molecule has 0 aliphatic rings. The summed E-state index contributed by atoms with van der Waals surface area (Å²) in [6.45, 7) is 0. The molecule has 0 spiro atoms. The van der Waals surface area contributed by atoms with Gasteiger partial charge in [0.1, 0.15) is 5.82 Å². The van der Waals surface area contributed by atoms with E-state index in [-0.39, 0.29) is 0 Å². The Balaban J connectivity index is 1.90. The van der Waals surface area contributed by atoms with Crippen molar-refractivity contribution in [3.63, 3.8) is 0 Å². The first kappa shape index (κ1) is 12.0. The molecule has 2 N–H and O–H groups in total. The molecule has 0 bridgehead atoms. The fraction of sp³-hybridized carbons (Fsp3) is 0. The number of hydrogen-bond acceptors (Lipinski definition) is 5. The number of fused-ring (bicyclic) bond motifs is 1. The summed E-state index contributed by atoms with van der Waals surface area (Å²) in [4.78, 5) is 9.63. The van der Waals surface area contributed by atoms with E-state index in [0.717, 1.165) is 21.7 Å². The van der Waals surface area contributed by atoms with Crippen LogP contribution in [0, 0.1) is 0 Å². The van der Waals surface area contributed by atoms with Crippen LogP contribution in [0.25, 0.3) is 27.5 Å². The molecule has 4 rings (SSSR count). The molecule has 0 saturated heterocycles. The van der Waals surface area contributed by atoms with Crippen molar-refractivity contribution in [2.45, 2.75) is 0 Å². The summed E-state index contributed by atoms with van der Waals surface area (Å²) in [5.41, 5.74) is 8.91. The molecular weight excluding hydrogens is 282 g/mol. The van der Waals surface area contributed by atoms with Crippen LogP contribution in [0.15, 0.2) is 54.2 Å². The molecule has 0 saturated carbocycles. The molecule has 0 unspecified atom stereocenters. The number of nitrogens with two attached hydrogens (primary N) is 1. The first-order valence-electron chi connectivity index (χ1n) is 6.42. The molecule has 0 aliphatic carbocycles. The third kappa shape index (κ3) is 2.05. The Morgan fingerprint density at radius 3 is 2.67 bits per heavy atom. The van der Waals surface area contributed by atoms with Crippen LogP contribution < -0.4 is 5.73 Å². The number of nitrogen functional groups attached to an aromatic ring is 1. The average Bonchev–Trinajstić information content (AvgIpc) is 3.17. The van der Waals surface area contributed by atoms with Gasteiger partial charge in [0.2, 0.25) is 0 Å². The van der Waals surface area contributed by atoms with Gasteiger partial charge in [-0.2, -0.15) is 4.52 Å². The molecule has 21 heavy (non-hydrogen) atoms. The summed E-state index contributed by atoms with van der Waals surface area (Å²) >= 11 is 1.61. The molecule has 0 aromatic carbocycles. The van der Waals surface area contributed by atoms with Gasteiger partial charge in [0.05, 0.1) is 4.88 Å². The van der Waals surface area contributed by atoms with Crippen molar-refractivity contribution in [1.29, 1.82) is 0 Å². The highest BCUT2D eigenvalue weighted by atomic mass is 32.1. The lowest BCUT2D eigenvalue weighted by Crippen LogP contribution is -1.98. The Bertz CT molecular complexity index is 897. The molecule has 102 valence electrons. The Hall–Kier alpha value is -2.73. The van der Waals surface area contributed by atoms with Crippen molar-refractivity contribution >= 4 is 22.8 Å². The smallest absolute Gasteiger partial charge is 0.192 e. The summed E-state index contributed by atoms with van der Waals surface area (Å²) in [5, 5.41) is 6.47. The third-order valence-electron chi connectivity index (χ3n) is 3.22. The molecule has 0 amide bonds. The number of aromatic nitrogens is 4. The van der Waals surface area contributed by atoms with Gasteiger partial charge in [-0.1, -0.05) is 6.07 Å². The molecule has 0 fully saturated rings. The van der Waals surface area contributed by atoms with Gasteiger partial charge >= 0.3 is 0 Å². The average molecular weight is 293 g/mol. The minimum Gasteiger partial charge on any atom is -0.384 e. The van der Waals surface area contributed by atoms with Gasteiger partial charge in [-0.3, -0.25) is 4.98 Å². The summed E-state index contributed by atoms with van der Waals surface area (Å²) in [6, 6.07) is 11.8. The Morgan fingerprint density at radius 2 is 1.90 bits per heavy atom. The number of thiophene rings is 1. The SMILES string of the molecule is Nc1cc(-c2ccncc2)cc2nc(-c3cccs3)nn12. The number of nitrogens with zero attached hydrogens (tertiary/aromatic N) is 4. The first-order valence-corrected chi connectivity index (χ1v) is 7.30. The van der Waals surface area contributed by atoms with Crippen LogP contribution in [0.4, 0.5) is 5.82 Å². The van der Waals surface area contributed by atoms with E-state index in [4.69, 9.17) is 5.73 Å². The van der Waals surface area contributed by atoms with Crippen molar-refractivity contribution in [2.75, 3.05) is 5.73 Å². The van der Waals surface area contributed by atoms with Crippen molar-refractivity contribution in [1.82, 2.24) is 19.6 Å². The van der Waals surface area contributed by atoms with Crippen molar-refractivity contribution in [3.8, 4) is 21.8 Å². The van der Waals surface area contributed by atoms with Gasteiger partial charge in [-0.25, -0.2) is 4.98 Å². The first-order chi connectivity index (χ1) is 10.3. The largest absolute Gasteiger partial charge is 0.384 e.